The molecule has 1 amide bonds. The van der Waals surface area contributed by atoms with E-state index in [1.54, 1.807) is 12.1 Å². The van der Waals surface area contributed by atoms with Gasteiger partial charge in [0.2, 0.25) is 15.9 Å². The molecule has 154 valence electrons. The summed E-state index contributed by atoms with van der Waals surface area (Å²) in [5, 5.41) is 3.40. The van der Waals surface area contributed by atoms with E-state index in [9.17, 15) is 18.0 Å². The Morgan fingerprint density at radius 3 is 2.55 bits per heavy atom. The molecule has 0 atom stereocenters. The highest BCUT2D eigenvalue weighted by Crippen LogP contribution is 2.25. The van der Waals surface area contributed by atoms with Gasteiger partial charge in [0, 0.05) is 24.3 Å². The van der Waals surface area contributed by atoms with Crippen LogP contribution in [0, 0.1) is 13.8 Å². The molecule has 0 aliphatic rings. The van der Waals surface area contributed by atoms with E-state index in [0.717, 1.165) is 16.0 Å². The molecule has 1 aromatic carbocycles. The second-order valence-electron chi connectivity index (χ2n) is 6.60. The van der Waals surface area contributed by atoms with Crippen molar-refractivity contribution in [1.29, 1.82) is 0 Å². The van der Waals surface area contributed by atoms with Gasteiger partial charge >= 0.3 is 0 Å². The second-order valence-corrected chi connectivity index (χ2v) is 9.69. The fourth-order valence-electron chi connectivity index (χ4n) is 2.84. The average Bonchev–Trinajstić information content (AvgIpc) is 2.99. The quantitative estimate of drug-likeness (QED) is 0.523. The van der Waals surface area contributed by atoms with Crippen LogP contribution in [0.1, 0.15) is 28.2 Å². The Labute approximate surface area is 172 Å². The lowest BCUT2D eigenvalue weighted by atomic mass is 10.2. The number of H-pyrrole nitrogens is 1. The molecule has 10 heteroatoms. The van der Waals surface area contributed by atoms with E-state index in [2.05, 4.69) is 20.0 Å². The number of hydrogen-bond donors (Lipinski definition) is 3. The van der Waals surface area contributed by atoms with E-state index in [-0.39, 0.29) is 29.3 Å². The number of nitrogens with zero attached hydrogens (tertiary/aromatic N) is 1. The largest absolute Gasteiger partial charge is 0.352 e. The number of thiophene rings is 1. The molecule has 0 fully saturated rings. The number of fused-ring (bicyclic) bond motifs is 1. The number of amides is 1. The molecule has 0 spiro atoms. The summed E-state index contributed by atoms with van der Waals surface area (Å²) in [4.78, 5) is 33.5. The molecule has 3 aromatic rings. The van der Waals surface area contributed by atoms with Crippen molar-refractivity contribution >= 4 is 37.5 Å². The predicted molar refractivity (Wildman–Crippen MR) is 113 cm³/mol. The molecule has 29 heavy (non-hydrogen) atoms. The van der Waals surface area contributed by atoms with Crippen LogP contribution in [0.25, 0.3) is 10.2 Å². The van der Waals surface area contributed by atoms with Gasteiger partial charge in [-0.15, -0.1) is 11.3 Å². The number of sulfonamides is 1. The van der Waals surface area contributed by atoms with Crippen molar-refractivity contribution < 1.29 is 13.2 Å². The van der Waals surface area contributed by atoms with Crippen molar-refractivity contribution in [2.24, 2.45) is 0 Å². The number of aromatic amines is 1. The van der Waals surface area contributed by atoms with Gasteiger partial charge in [-0.25, -0.2) is 18.1 Å². The minimum Gasteiger partial charge on any atom is -0.352 e. The highest BCUT2D eigenvalue weighted by atomic mass is 32.2. The van der Waals surface area contributed by atoms with Gasteiger partial charge < -0.3 is 10.3 Å². The lowest BCUT2D eigenvalue weighted by Crippen LogP contribution is -2.24. The molecular weight excluding hydrogens is 412 g/mol. The first-order valence-electron chi connectivity index (χ1n) is 8.99. The first kappa shape index (κ1) is 21.2. The highest BCUT2D eigenvalue weighted by molar-refractivity contribution is 7.89. The molecule has 0 unspecified atom stereocenters. The number of carbonyl (C=O) groups is 1. The summed E-state index contributed by atoms with van der Waals surface area (Å²) in [5.41, 5.74) is 1.55. The Morgan fingerprint density at radius 1 is 1.21 bits per heavy atom. The fraction of sp³-hybridized carbons (Fsp3) is 0.316. The fourth-order valence-corrected chi connectivity index (χ4v) is 4.62. The minimum absolute atomic E-state index is 0.166. The van der Waals surface area contributed by atoms with Gasteiger partial charge in [-0.1, -0.05) is 12.1 Å². The summed E-state index contributed by atoms with van der Waals surface area (Å²) >= 11 is 1.47. The number of aromatic nitrogens is 2. The van der Waals surface area contributed by atoms with Gasteiger partial charge in [-0.3, -0.25) is 9.59 Å². The molecule has 0 aliphatic carbocycles. The first-order chi connectivity index (χ1) is 13.7. The molecule has 3 rings (SSSR count). The highest BCUT2D eigenvalue weighted by Gasteiger charge is 2.13. The number of aryl methyl sites for hydroxylation is 3. The van der Waals surface area contributed by atoms with Gasteiger partial charge in [0.15, 0.2) is 0 Å². The van der Waals surface area contributed by atoms with Crippen molar-refractivity contribution in [3.8, 4) is 0 Å². The van der Waals surface area contributed by atoms with Gasteiger partial charge in [-0.05, 0) is 44.2 Å². The van der Waals surface area contributed by atoms with Crippen molar-refractivity contribution in [3.05, 3.63) is 56.4 Å². The van der Waals surface area contributed by atoms with Crippen LogP contribution >= 0.6 is 11.3 Å². The minimum atomic E-state index is -3.48. The van der Waals surface area contributed by atoms with Crippen LogP contribution in [0.4, 0.5) is 0 Å². The van der Waals surface area contributed by atoms with Crippen LogP contribution in [0.2, 0.25) is 0 Å². The zero-order chi connectivity index (χ0) is 21.2. The zero-order valence-electron chi connectivity index (χ0n) is 16.3. The molecule has 2 aromatic heterocycles. The molecule has 2 heterocycles. The Balaban J connectivity index is 1.58. The Hall–Kier alpha value is -2.56. The molecule has 0 saturated heterocycles. The maximum absolute atomic E-state index is 12.3. The number of carbonyl (C=O) groups excluding carboxylic acids is 1. The molecular formula is C19H22N4O4S2. The molecule has 0 aliphatic heterocycles. The Bertz CT molecular complexity index is 1210. The zero-order valence-corrected chi connectivity index (χ0v) is 18.0. The van der Waals surface area contributed by atoms with Crippen LogP contribution in [-0.4, -0.2) is 31.3 Å². The standard InChI is InChI=1S/C19H22N4O4S2/c1-11-12(2)28-19-17(11)18(25)22-15(23-19)8-9-16(24)21-10-13-4-6-14(7-5-13)29(26,27)20-3/h4-7,20H,8-10H2,1-3H3,(H,21,24)(H,22,23,25). The first-order valence-corrected chi connectivity index (χ1v) is 11.3. The van der Waals surface area contributed by atoms with E-state index >= 15 is 0 Å². The third-order valence-corrected chi connectivity index (χ3v) is 7.20. The lowest BCUT2D eigenvalue weighted by Gasteiger charge is -2.07. The molecule has 3 N–H and O–H groups in total. The summed E-state index contributed by atoms with van der Waals surface area (Å²) in [6, 6.07) is 6.28. The molecule has 8 nitrogen and oxygen atoms in total. The number of rotatable bonds is 7. The SMILES string of the molecule is CNS(=O)(=O)c1ccc(CNC(=O)CCc2nc3sc(C)c(C)c3c(=O)[nH]2)cc1. The summed E-state index contributed by atoms with van der Waals surface area (Å²) in [6.45, 7) is 4.14. The number of benzene rings is 1. The predicted octanol–water partition coefficient (Wildman–Crippen LogP) is 1.76. The van der Waals surface area contributed by atoms with E-state index in [0.29, 0.717) is 22.5 Å². The maximum atomic E-state index is 12.3. The van der Waals surface area contributed by atoms with E-state index in [1.165, 1.54) is 30.5 Å². The van der Waals surface area contributed by atoms with Crippen LogP contribution in [0.15, 0.2) is 34.0 Å². The van der Waals surface area contributed by atoms with Crippen LogP contribution < -0.4 is 15.6 Å². The Morgan fingerprint density at radius 2 is 1.90 bits per heavy atom. The van der Waals surface area contributed by atoms with Crippen molar-refractivity contribution in [2.75, 3.05) is 7.05 Å². The van der Waals surface area contributed by atoms with Crippen molar-refractivity contribution in [2.45, 2.75) is 38.1 Å². The summed E-state index contributed by atoms with van der Waals surface area (Å²) in [5.74, 6) is 0.304. The van der Waals surface area contributed by atoms with Crippen molar-refractivity contribution in [1.82, 2.24) is 20.0 Å². The molecule has 0 saturated carbocycles. The van der Waals surface area contributed by atoms with Gasteiger partial charge in [0.1, 0.15) is 10.7 Å². The maximum Gasteiger partial charge on any atom is 0.259 e. The summed E-state index contributed by atoms with van der Waals surface area (Å²) in [7, 11) is -2.13. The number of hydrogen-bond acceptors (Lipinski definition) is 6. The van der Waals surface area contributed by atoms with E-state index in [1.807, 2.05) is 13.8 Å². The summed E-state index contributed by atoms with van der Waals surface area (Å²) < 4.78 is 25.7. The van der Waals surface area contributed by atoms with Gasteiger partial charge in [0.05, 0.1) is 10.3 Å². The van der Waals surface area contributed by atoms with Crippen LogP contribution in [0.3, 0.4) is 0 Å². The second kappa shape index (κ2) is 8.44. The van der Waals surface area contributed by atoms with Crippen LogP contribution in [0.5, 0.6) is 0 Å². The third-order valence-electron chi connectivity index (χ3n) is 4.67. The average molecular weight is 435 g/mol. The smallest absolute Gasteiger partial charge is 0.259 e. The topological polar surface area (TPSA) is 121 Å². The normalized spacial score (nSPS) is 11.7. The lowest BCUT2D eigenvalue weighted by molar-refractivity contribution is -0.121. The van der Waals surface area contributed by atoms with E-state index in [4.69, 9.17) is 0 Å². The van der Waals surface area contributed by atoms with E-state index < -0.39 is 10.0 Å². The van der Waals surface area contributed by atoms with Gasteiger partial charge in [0.25, 0.3) is 5.56 Å². The summed E-state index contributed by atoms with van der Waals surface area (Å²) in [6.07, 6.45) is 0.510. The van der Waals surface area contributed by atoms with Crippen molar-refractivity contribution in [3.63, 3.8) is 0 Å². The van der Waals surface area contributed by atoms with Gasteiger partial charge in [-0.2, -0.15) is 0 Å². The molecule has 0 radical (unpaired) electrons. The van der Waals surface area contributed by atoms with Crippen LogP contribution in [-0.2, 0) is 27.8 Å². The monoisotopic (exact) mass is 434 g/mol. The molecule has 0 bridgehead atoms. The number of nitrogens with one attached hydrogen (secondary N) is 3. The third kappa shape index (κ3) is 4.72. The Kier molecular flexibility index (Phi) is 6.15.